The molecule has 2 N–H and O–H groups in total. The first-order valence-electron chi connectivity index (χ1n) is 5.08. The van der Waals surface area contributed by atoms with Gasteiger partial charge in [-0.3, -0.25) is 0 Å². The Kier molecular flexibility index (Phi) is 3.00. The molecule has 0 bridgehead atoms. The first kappa shape index (κ1) is 10.4. The van der Waals surface area contributed by atoms with Gasteiger partial charge >= 0.3 is 0 Å². The zero-order valence-corrected chi connectivity index (χ0v) is 9.00. The third kappa shape index (κ3) is 2.10. The maximum atomic E-state index is 5.59. The molecule has 84 valence electrons. The summed E-state index contributed by atoms with van der Waals surface area (Å²) in [6.45, 7) is 2.78. The van der Waals surface area contributed by atoms with Crippen molar-refractivity contribution >= 4 is 5.95 Å². The van der Waals surface area contributed by atoms with Crippen LogP contribution in [0.3, 0.4) is 0 Å². The van der Waals surface area contributed by atoms with Crippen LogP contribution in [-0.2, 0) is 0 Å². The van der Waals surface area contributed by atoms with E-state index in [-0.39, 0.29) is 5.95 Å². The Bertz CT molecular complexity index is 450. The van der Waals surface area contributed by atoms with E-state index in [1.807, 2.05) is 24.3 Å². The molecule has 0 aliphatic rings. The van der Waals surface area contributed by atoms with E-state index in [9.17, 15) is 0 Å². The Labute approximate surface area is 93.0 Å². The highest BCUT2D eigenvalue weighted by atomic mass is 16.5. The molecule has 1 aromatic carbocycles. The number of ether oxygens (including phenoxy) is 1. The summed E-state index contributed by atoms with van der Waals surface area (Å²) in [6.07, 6.45) is 0.988. The molecule has 0 aliphatic carbocycles. The molecule has 0 spiro atoms. The molecule has 0 radical (unpaired) electrons. The Morgan fingerprint density at radius 3 is 2.62 bits per heavy atom. The lowest BCUT2D eigenvalue weighted by molar-refractivity contribution is 0.317. The first-order valence-corrected chi connectivity index (χ1v) is 5.08. The molecule has 2 rings (SSSR count). The highest BCUT2D eigenvalue weighted by Gasteiger charge is 2.03. The van der Waals surface area contributed by atoms with Crippen molar-refractivity contribution in [2.75, 3.05) is 12.3 Å². The van der Waals surface area contributed by atoms with Gasteiger partial charge < -0.3 is 10.5 Å². The summed E-state index contributed by atoms with van der Waals surface area (Å²) in [5.41, 5.74) is 6.40. The normalized spacial score (nSPS) is 10.3. The molecule has 2 aromatic rings. The van der Waals surface area contributed by atoms with Crippen LogP contribution in [0.5, 0.6) is 5.75 Å². The van der Waals surface area contributed by atoms with Crippen molar-refractivity contribution in [2.24, 2.45) is 0 Å². The second-order valence-electron chi connectivity index (χ2n) is 3.29. The van der Waals surface area contributed by atoms with Gasteiger partial charge in [0.15, 0.2) is 0 Å². The number of tetrazole rings is 1. The second kappa shape index (κ2) is 4.61. The van der Waals surface area contributed by atoms with Crippen molar-refractivity contribution in [1.82, 2.24) is 20.2 Å². The molecule has 0 saturated heterocycles. The number of nitrogens with zero attached hydrogens (tertiary/aromatic N) is 4. The van der Waals surface area contributed by atoms with Gasteiger partial charge in [0.1, 0.15) is 5.75 Å². The van der Waals surface area contributed by atoms with Crippen LogP contribution in [0.25, 0.3) is 5.69 Å². The Morgan fingerprint density at radius 2 is 2.06 bits per heavy atom. The quantitative estimate of drug-likeness (QED) is 0.830. The predicted molar refractivity (Wildman–Crippen MR) is 59.4 cm³/mol. The predicted octanol–water partition coefficient (Wildman–Crippen LogP) is 1.03. The Morgan fingerprint density at radius 1 is 1.31 bits per heavy atom. The zero-order valence-electron chi connectivity index (χ0n) is 9.00. The number of benzene rings is 1. The fraction of sp³-hybridized carbons (Fsp3) is 0.300. The van der Waals surface area contributed by atoms with Gasteiger partial charge in [0.2, 0.25) is 5.95 Å². The number of aromatic nitrogens is 4. The van der Waals surface area contributed by atoms with Gasteiger partial charge in [0.05, 0.1) is 12.3 Å². The number of anilines is 1. The molecule has 0 amide bonds. The Hall–Kier alpha value is -2.11. The standard InChI is InChI=1S/C10H13N5O/c1-2-7-16-9-5-3-8(4-6-9)15-10(11)12-13-14-15/h3-6H,2,7H2,1H3,(H2,11,12,14). The number of nitrogen functional groups attached to an aromatic ring is 1. The SMILES string of the molecule is CCCOc1ccc(-n2nnnc2N)cc1. The molecule has 6 nitrogen and oxygen atoms in total. The van der Waals surface area contributed by atoms with Gasteiger partial charge in [-0.2, -0.15) is 4.68 Å². The van der Waals surface area contributed by atoms with Crippen LogP contribution in [0.15, 0.2) is 24.3 Å². The monoisotopic (exact) mass is 219 g/mol. The van der Waals surface area contributed by atoms with Crippen LogP contribution in [-0.4, -0.2) is 26.8 Å². The third-order valence-electron chi connectivity index (χ3n) is 2.05. The van der Waals surface area contributed by atoms with Crippen LogP contribution in [0, 0.1) is 0 Å². The molecular weight excluding hydrogens is 206 g/mol. The van der Waals surface area contributed by atoms with Crippen LogP contribution >= 0.6 is 0 Å². The maximum absolute atomic E-state index is 5.59. The summed E-state index contributed by atoms with van der Waals surface area (Å²) >= 11 is 0. The summed E-state index contributed by atoms with van der Waals surface area (Å²) in [4.78, 5) is 0. The minimum Gasteiger partial charge on any atom is -0.494 e. The number of hydrogen-bond acceptors (Lipinski definition) is 5. The van der Waals surface area contributed by atoms with E-state index in [1.54, 1.807) is 0 Å². The van der Waals surface area contributed by atoms with E-state index in [2.05, 4.69) is 22.4 Å². The van der Waals surface area contributed by atoms with Crippen molar-refractivity contribution in [1.29, 1.82) is 0 Å². The van der Waals surface area contributed by atoms with Gasteiger partial charge in [-0.25, -0.2) is 0 Å². The van der Waals surface area contributed by atoms with E-state index in [0.29, 0.717) is 6.61 Å². The lowest BCUT2D eigenvalue weighted by Gasteiger charge is -2.05. The fourth-order valence-corrected chi connectivity index (χ4v) is 1.28. The van der Waals surface area contributed by atoms with E-state index in [4.69, 9.17) is 10.5 Å². The van der Waals surface area contributed by atoms with Crippen LogP contribution in [0.4, 0.5) is 5.95 Å². The maximum Gasteiger partial charge on any atom is 0.245 e. The number of hydrogen-bond donors (Lipinski definition) is 1. The third-order valence-corrected chi connectivity index (χ3v) is 2.05. The molecule has 0 saturated carbocycles. The Balaban J connectivity index is 2.16. The fourth-order valence-electron chi connectivity index (χ4n) is 1.28. The van der Waals surface area contributed by atoms with Crippen molar-refractivity contribution in [3.63, 3.8) is 0 Å². The molecule has 6 heteroatoms. The van der Waals surface area contributed by atoms with Gasteiger partial charge in [0.25, 0.3) is 0 Å². The van der Waals surface area contributed by atoms with Crippen LogP contribution in [0.1, 0.15) is 13.3 Å². The van der Waals surface area contributed by atoms with E-state index in [1.165, 1.54) is 4.68 Å². The largest absolute Gasteiger partial charge is 0.494 e. The van der Waals surface area contributed by atoms with Gasteiger partial charge in [0, 0.05) is 0 Å². The first-order chi connectivity index (χ1) is 7.81. The van der Waals surface area contributed by atoms with Crippen LogP contribution in [0.2, 0.25) is 0 Å². The van der Waals surface area contributed by atoms with E-state index >= 15 is 0 Å². The van der Waals surface area contributed by atoms with Gasteiger partial charge in [-0.05, 0) is 41.1 Å². The summed E-state index contributed by atoms with van der Waals surface area (Å²) in [7, 11) is 0. The summed E-state index contributed by atoms with van der Waals surface area (Å²) in [5.74, 6) is 1.10. The van der Waals surface area contributed by atoms with Gasteiger partial charge in [-0.1, -0.05) is 12.0 Å². The molecule has 0 aliphatic heterocycles. The summed E-state index contributed by atoms with van der Waals surface area (Å²) in [5, 5.41) is 10.9. The zero-order chi connectivity index (χ0) is 11.4. The van der Waals surface area contributed by atoms with Crippen molar-refractivity contribution < 1.29 is 4.74 Å². The van der Waals surface area contributed by atoms with Crippen molar-refractivity contribution in [2.45, 2.75) is 13.3 Å². The molecule has 1 heterocycles. The lowest BCUT2D eigenvalue weighted by atomic mass is 10.3. The molecule has 1 aromatic heterocycles. The second-order valence-corrected chi connectivity index (χ2v) is 3.29. The minimum absolute atomic E-state index is 0.266. The average molecular weight is 219 g/mol. The molecular formula is C10H13N5O. The van der Waals surface area contributed by atoms with E-state index < -0.39 is 0 Å². The summed E-state index contributed by atoms with van der Waals surface area (Å²) in [6, 6.07) is 7.45. The molecule has 0 fully saturated rings. The van der Waals surface area contributed by atoms with Gasteiger partial charge in [-0.15, -0.1) is 0 Å². The number of rotatable bonds is 4. The topological polar surface area (TPSA) is 78.8 Å². The van der Waals surface area contributed by atoms with E-state index in [0.717, 1.165) is 17.9 Å². The smallest absolute Gasteiger partial charge is 0.245 e. The van der Waals surface area contributed by atoms with Crippen molar-refractivity contribution in [3.8, 4) is 11.4 Å². The molecule has 16 heavy (non-hydrogen) atoms. The highest BCUT2D eigenvalue weighted by Crippen LogP contribution is 2.15. The van der Waals surface area contributed by atoms with Crippen molar-refractivity contribution in [3.05, 3.63) is 24.3 Å². The van der Waals surface area contributed by atoms with Crippen LogP contribution < -0.4 is 10.5 Å². The highest BCUT2D eigenvalue weighted by molar-refractivity contribution is 5.39. The molecule has 0 atom stereocenters. The average Bonchev–Trinajstić information content (AvgIpc) is 2.74. The minimum atomic E-state index is 0.266. The molecule has 0 unspecified atom stereocenters. The summed E-state index contributed by atoms with van der Waals surface area (Å²) < 4.78 is 6.93. The lowest BCUT2D eigenvalue weighted by Crippen LogP contribution is -2.02. The number of nitrogens with two attached hydrogens (primary N) is 1.